The second kappa shape index (κ2) is 9.38. The van der Waals surface area contributed by atoms with Crippen LogP contribution in [0.5, 0.6) is 0 Å². The van der Waals surface area contributed by atoms with Gasteiger partial charge in [-0.05, 0) is 54.4 Å². The van der Waals surface area contributed by atoms with Crippen molar-refractivity contribution in [2.45, 2.75) is 68.5 Å². The minimum Gasteiger partial charge on any atom is -0.448 e. The lowest BCUT2D eigenvalue weighted by Crippen LogP contribution is -2.59. The van der Waals surface area contributed by atoms with E-state index in [-0.39, 0.29) is 24.1 Å². The number of aliphatic hydroxyl groups is 1. The number of anilines is 1. The van der Waals surface area contributed by atoms with Crippen molar-refractivity contribution < 1.29 is 14.6 Å². The molecule has 0 radical (unpaired) electrons. The van der Waals surface area contributed by atoms with Gasteiger partial charge in [-0.1, -0.05) is 48.5 Å². The molecule has 4 aliphatic rings. The molecule has 3 aliphatic heterocycles. The smallest absolute Gasteiger partial charge is 0.410 e. The van der Waals surface area contributed by atoms with Crippen LogP contribution in [0, 0.1) is 0 Å². The lowest BCUT2D eigenvalue weighted by molar-refractivity contribution is -0.0894. The zero-order valence-electron chi connectivity index (χ0n) is 21.6. The first-order chi connectivity index (χ1) is 18.6. The molecule has 2 aromatic carbocycles. The zero-order valence-corrected chi connectivity index (χ0v) is 21.6. The van der Waals surface area contributed by atoms with Gasteiger partial charge in [0.15, 0.2) is 0 Å². The van der Waals surface area contributed by atoms with Crippen LogP contribution in [-0.4, -0.2) is 57.8 Å². The number of hydrogen-bond donors (Lipinski definition) is 1. The van der Waals surface area contributed by atoms with Gasteiger partial charge in [0.25, 0.3) is 0 Å². The molecule has 2 bridgehead atoms. The Bertz CT molecular complexity index is 1280. The number of benzene rings is 2. The maximum atomic E-state index is 13.5. The summed E-state index contributed by atoms with van der Waals surface area (Å²) < 4.78 is 6.04. The summed E-state index contributed by atoms with van der Waals surface area (Å²) in [7, 11) is 0. The molecule has 1 aromatic heterocycles. The molecule has 38 heavy (non-hydrogen) atoms. The van der Waals surface area contributed by atoms with Crippen LogP contribution in [-0.2, 0) is 10.3 Å². The second-order valence-electron chi connectivity index (χ2n) is 11.4. The molecule has 3 saturated heterocycles. The van der Waals surface area contributed by atoms with Gasteiger partial charge >= 0.3 is 6.09 Å². The summed E-state index contributed by atoms with van der Waals surface area (Å²) >= 11 is 0. The van der Waals surface area contributed by atoms with E-state index in [9.17, 15) is 9.90 Å². The van der Waals surface area contributed by atoms with Gasteiger partial charge in [-0.25, -0.2) is 14.8 Å². The number of carbonyl (C=O) groups excluding carboxylic acids is 1. The van der Waals surface area contributed by atoms with E-state index in [1.165, 1.54) is 35.1 Å². The van der Waals surface area contributed by atoms with Gasteiger partial charge in [0.05, 0.1) is 5.60 Å². The number of hydrogen-bond acceptors (Lipinski definition) is 6. The SMILES string of the molecule is O=C(OCC1c2ccccc2-c2ccccc21)N1C2CCCC1CC(O)(c1cnc(N3CCCC3)nc1)C2. The van der Waals surface area contributed by atoms with Gasteiger partial charge < -0.3 is 19.6 Å². The molecule has 2 atom stereocenters. The Kier molecular flexibility index (Phi) is 5.84. The van der Waals surface area contributed by atoms with Crippen LogP contribution in [0.25, 0.3) is 11.1 Å². The third kappa shape index (κ3) is 3.95. The van der Waals surface area contributed by atoms with Gasteiger partial charge in [0.1, 0.15) is 6.61 Å². The minimum atomic E-state index is -1.03. The van der Waals surface area contributed by atoms with Crippen LogP contribution in [0.1, 0.15) is 67.6 Å². The van der Waals surface area contributed by atoms with Crippen molar-refractivity contribution in [2.24, 2.45) is 0 Å². The quantitative estimate of drug-likeness (QED) is 0.518. The van der Waals surface area contributed by atoms with E-state index < -0.39 is 5.60 Å². The highest BCUT2D eigenvalue weighted by molar-refractivity contribution is 5.79. The van der Waals surface area contributed by atoms with E-state index >= 15 is 0 Å². The largest absolute Gasteiger partial charge is 0.448 e. The Labute approximate surface area is 223 Å². The molecule has 1 N–H and O–H groups in total. The molecule has 2 unspecified atom stereocenters. The standard InChI is InChI=1S/C31H34N4O3/c36-30(38-20-28-26-12-3-1-10-24(26)25-11-2-4-13-27(25)28)35-22-8-7-9-23(35)17-31(37,16-22)21-18-32-29(33-19-21)34-14-5-6-15-34/h1-4,10-13,18-19,22-23,28,37H,5-9,14-17,20H2. The molecular formula is C31H34N4O3. The Morgan fingerprint density at radius 3 is 2.08 bits per heavy atom. The van der Waals surface area contributed by atoms with Crippen LogP contribution in [0.15, 0.2) is 60.9 Å². The third-order valence-electron chi connectivity index (χ3n) is 9.12. The highest BCUT2D eigenvalue weighted by atomic mass is 16.6. The highest BCUT2D eigenvalue weighted by Gasteiger charge is 2.49. The number of nitrogens with zero attached hydrogens (tertiary/aromatic N) is 4. The first kappa shape index (κ1) is 23.7. The maximum Gasteiger partial charge on any atom is 0.410 e. The summed E-state index contributed by atoms with van der Waals surface area (Å²) in [6.07, 6.45) is 9.44. The summed E-state index contributed by atoms with van der Waals surface area (Å²) in [6.45, 7) is 2.30. The number of rotatable bonds is 4. The van der Waals surface area contributed by atoms with Gasteiger partial charge in [0.2, 0.25) is 5.95 Å². The van der Waals surface area contributed by atoms with Crippen LogP contribution >= 0.6 is 0 Å². The van der Waals surface area contributed by atoms with Crippen molar-refractivity contribution >= 4 is 12.0 Å². The van der Waals surface area contributed by atoms with Gasteiger partial charge in [-0.3, -0.25) is 0 Å². The number of carbonyl (C=O) groups is 1. The first-order valence-corrected chi connectivity index (χ1v) is 14.0. The summed E-state index contributed by atoms with van der Waals surface area (Å²) in [4.78, 5) is 26.8. The highest BCUT2D eigenvalue weighted by Crippen LogP contribution is 2.46. The zero-order chi connectivity index (χ0) is 25.7. The topological polar surface area (TPSA) is 78.8 Å². The molecule has 3 fully saturated rings. The van der Waals surface area contributed by atoms with E-state index in [4.69, 9.17) is 4.74 Å². The fourth-order valence-electron chi connectivity index (χ4n) is 7.27. The molecule has 1 amide bonds. The van der Waals surface area contributed by atoms with E-state index in [0.717, 1.165) is 43.9 Å². The molecule has 0 spiro atoms. The minimum absolute atomic E-state index is 0.0409. The third-order valence-corrected chi connectivity index (χ3v) is 9.12. The molecule has 4 heterocycles. The predicted octanol–water partition coefficient (Wildman–Crippen LogP) is 5.23. The van der Waals surface area contributed by atoms with Crippen LogP contribution in [0.2, 0.25) is 0 Å². The number of piperidine rings is 2. The summed E-state index contributed by atoms with van der Waals surface area (Å²) in [6, 6.07) is 16.7. The average molecular weight is 511 g/mol. The first-order valence-electron chi connectivity index (χ1n) is 14.0. The molecule has 1 aliphatic carbocycles. The number of fused-ring (bicyclic) bond motifs is 5. The van der Waals surface area contributed by atoms with Crippen molar-refractivity contribution in [1.82, 2.24) is 14.9 Å². The summed E-state index contributed by atoms with van der Waals surface area (Å²) in [5, 5.41) is 11.8. The fraction of sp³-hybridized carbons (Fsp3) is 0.452. The molecule has 196 valence electrons. The lowest BCUT2D eigenvalue weighted by atomic mass is 9.73. The Balaban J connectivity index is 1.06. The van der Waals surface area contributed by atoms with E-state index in [1.54, 1.807) is 12.4 Å². The van der Waals surface area contributed by atoms with Gasteiger partial charge in [-0.15, -0.1) is 0 Å². The van der Waals surface area contributed by atoms with Crippen molar-refractivity contribution in [3.8, 4) is 11.1 Å². The Hall–Kier alpha value is -3.45. The van der Waals surface area contributed by atoms with Crippen molar-refractivity contribution in [2.75, 3.05) is 24.6 Å². The van der Waals surface area contributed by atoms with Crippen molar-refractivity contribution in [1.29, 1.82) is 0 Å². The molecule has 7 heteroatoms. The van der Waals surface area contributed by atoms with Crippen LogP contribution in [0.4, 0.5) is 10.7 Å². The maximum absolute atomic E-state index is 13.5. The van der Waals surface area contributed by atoms with Crippen molar-refractivity contribution in [3.63, 3.8) is 0 Å². The van der Waals surface area contributed by atoms with E-state index in [2.05, 4.69) is 63.4 Å². The summed E-state index contributed by atoms with van der Waals surface area (Å²) in [5.41, 5.74) is 4.60. The number of ether oxygens (including phenoxy) is 1. The molecule has 0 saturated carbocycles. The van der Waals surface area contributed by atoms with E-state index in [1.807, 2.05) is 4.90 Å². The average Bonchev–Trinajstić information content (AvgIpc) is 3.59. The van der Waals surface area contributed by atoms with E-state index in [0.29, 0.717) is 19.4 Å². The van der Waals surface area contributed by atoms with Crippen molar-refractivity contribution in [3.05, 3.63) is 77.6 Å². The number of amides is 1. The summed E-state index contributed by atoms with van der Waals surface area (Å²) in [5.74, 6) is 0.783. The fourth-order valence-corrected chi connectivity index (χ4v) is 7.27. The normalized spacial score (nSPS) is 26.2. The monoisotopic (exact) mass is 510 g/mol. The van der Waals surface area contributed by atoms with Gasteiger partial charge in [0, 0.05) is 61.9 Å². The predicted molar refractivity (Wildman–Crippen MR) is 145 cm³/mol. The van der Waals surface area contributed by atoms with Crippen LogP contribution < -0.4 is 4.90 Å². The lowest BCUT2D eigenvalue weighted by Gasteiger charge is -2.51. The Morgan fingerprint density at radius 2 is 1.47 bits per heavy atom. The second-order valence-corrected chi connectivity index (χ2v) is 11.4. The van der Waals surface area contributed by atoms with Gasteiger partial charge in [-0.2, -0.15) is 0 Å². The number of aromatic nitrogens is 2. The molecule has 3 aromatic rings. The Morgan fingerprint density at radius 1 is 0.895 bits per heavy atom. The molecular weight excluding hydrogens is 476 g/mol. The van der Waals surface area contributed by atoms with Crippen LogP contribution in [0.3, 0.4) is 0 Å². The molecule has 7 nitrogen and oxygen atoms in total. The molecule has 7 rings (SSSR count).